The fourth-order valence-electron chi connectivity index (χ4n) is 2.69. The van der Waals surface area contributed by atoms with Crippen LogP contribution in [0.1, 0.15) is 34.3 Å². The molecular formula is C16H14F2O. The zero-order chi connectivity index (χ0) is 13.6. The first-order valence-electron chi connectivity index (χ1n) is 6.30. The average molecular weight is 260 g/mol. The molecule has 98 valence electrons. The first kappa shape index (κ1) is 12.3. The van der Waals surface area contributed by atoms with Crippen molar-refractivity contribution in [2.24, 2.45) is 0 Å². The van der Waals surface area contributed by atoms with Crippen LogP contribution in [0.2, 0.25) is 0 Å². The molecule has 0 radical (unpaired) electrons. The number of aliphatic hydroxyl groups excluding tert-OH is 1. The standard InChI is InChI=1S/C16H14F2O/c1-9-6-7-12(15(18)14(9)17)16(19)13-8-10-4-2-3-5-11(10)13/h2-7,13,16,19H,8H2,1H3. The highest BCUT2D eigenvalue weighted by molar-refractivity contribution is 5.43. The lowest BCUT2D eigenvalue weighted by Crippen LogP contribution is -2.24. The Morgan fingerprint density at radius 3 is 2.58 bits per heavy atom. The van der Waals surface area contributed by atoms with Gasteiger partial charge in [0.25, 0.3) is 0 Å². The fourth-order valence-corrected chi connectivity index (χ4v) is 2.69. The van der Waals surface area contributed by atoms with Crippen LogP contribution in [0, 0.1) is 18.6 Å². The summed E-state index contributed by atoms with van der Waals surface area (Å²) < 4.78 is 27.4. The molecule has 1 nitrogen and oxygen atoms in total. The molecule has 19 heavy (non-hydrogen) atoms. The normalized spacial score (nSPS) is 18.6. The number of aryl methyl sites for hydroxylation is 1. The van der Waals surface area contributed by atoms with Crippen LogP contribution in [0.5, 0.6) is 0 Å². The first-order chi connectivity index (χ1) is 9.09. The molecule has 1 aliphatic carbocycles. The third kappa shape index (κ3) is 1.85. The fraction of sp³-hybridized carbons (Fsp3) is 0.250. The van der Waals surface area contributed by atoms with E-state index in [-0.39, 0.29) is 17.0 Å². The maximum Gasteiger partial charge on any atom is 0.164 e. The minimum absolute atomic E-state index is 0.0441. The van der Waals surface area contributed by atoms with Gasteiger partial charge >= 0.3 is 0 Å². The molecule has 0 saturated carbocycles. The Kier molecular flexibility index (Phi) is 2.86. The van der Waals surface area contributed by atoms with Gasteiger partial charge in [-0.15, -0.1) is 0 Å². The Hall–Kier alpha value is -1.74. The lowest BCUT2D eigenvalue weighted by molar-refractivity contribution is 0.129. The Bertz CT molecular complexity index is 637. The summed E-state index contributed by atoms with van der Waals surface area (Å²) in [5.74, 6) is -1.95. The van der Waals surface area contributed by atoms with Gasteiger partial charge in [-0.3, -0.25) is 0 Å². The Morgan fingerprint density at radius 2 is 1.84 bits per heavy atom. The number of benzene rings is 2. The zero-order valence-electron chi connectivity index (χ0n) is 10.5. The van der Waals surface area contributed by atoms with Crippen LogP contribution in [-0.2, 0) is 6.42 Å². The van der Waals surface area contributed by atoms with Crippen LogP contribution in [0.4, 0.5) is 8.78 Å². The summed E-state index contributed by atoms with van der Waals surface area (Å²) >= 11 is 0. The molecule has 2 atom stereocenters. The van der Waals surface area contributed by atoms with Gasteiger partial charge in [0, 0.05) is 11.5 Å². The third-order valence-corrected chi connectivity index (χ3v) is 3.90. The molecule has 0 bridgehead atoms. The molecule has 2 unspecified atom stereocenters. The monoisotopic (exact) mass is 260 g/mol. The van der Waals surface area contributed by atoms with Crippen LogP contribution in [0.25, 0.3) is 0 Å². The smallest absolute Gasteiger partial charge is 0.164 e. The van der Waals surface area contributed by atoms with Crippen molar-refractivity contribution in [2.45, 2.75) is 25.4 Å². The van der Waals surface area contributed by atoms with Crippen LogP contribution in [0.3, 0.4) is 0 Å². The summed E-state index contributed by atoms with van der Waals surface area (Å²) in [6.07, 6.45) is -0.295. The summed E-state index contributed by atoms with van der Waals surface area (Å²) in [5, 5.41) is 10.3. The van der Waals surface area contributed by atoms with Gasteiger partial charge in [-0.05, 0) is 30.0 Å². The van der Waals surface area contributed by atoms with Crippen LogP contribution in [-0.4, -0.2) is 5.11 Å². The molecule has 0 fully saturated rings. The molecule has 3 heteroatoms. The van der Waals surface area contributed by atoms with Crippen molar-refractivity contribution in [3.63, 3.8) is 0 Å². The quantitative estimate of drug-likeness (QED) is 0.874. The SMILES string of the molecule is Cc1ccc(C(O)C2Cc3ccccc32)c(F)c1F. The van der Waals surface area contributed by atoms with Gasteiger partial charge < -0.3 is 5.11 Å². The minimum atomic E-state index is -0.995. The summed E-state index contributed by atoms with van der Waals surface area (Å²) in [7, 11) is 0. The molecule has 2 aromatic rings. The van der Waals surface area contributed by atoms with E-state index in [0.717, 1.165) is 5.56 Å². The van der Waals surface area contributed by atoms with Crippen LogP contribution >= 0.6 is 0 Å². The average Bonchev–Trinajstić information content (AvgIpc) is 2.37. The van der Waals surface area contributed by atoms with Gasteiger partial charge in [-0.2, -0.15) is 0 Å². The number of hydrogen-bond donors (Lipinski definition) is 1. The second kappa shape index (κ2) is 4.42. The van der Waals surface area contributed by atoms with E-state index in [0.29, 0.717) is 6.42 Å². The van der Waals surface area contributed by atoms with Gasteiger partial charge in [0.1, 0.15) is 0 Å². The largest absolute Gasteiger partial charge is 0.388 e. The van der Waals surface area contributed by atoms with E-state index in [1.165, 1.54) is 24.6 Å². The van der Waals surface area contributed by atoms with E-state index in [2.05, 4.69) is 0 Å². The van der Waals surface area contributed by atoms with Crippen LogP contribution < -0.4 is 0 Å². The minimum Gasteiger partial charge on any atom is -0.388 e. The van der Waals surface area contributed by atoms with Crippen molar-refractivity contribution >= 4 is 0 Å². The lowest BCUT2D eigenvalue weighted by Gasteiger charge is -2.34. The molecule has 0 heterocycles. The van der Waals surface area contributed by atoms with Gasteiger partial charge in [0.15, 0.2) is 11.6 Å². The van der Waals surface area contributed by atoms with Crippen molar-refractivity contribution < 1.29 is 13.9 Å². The molecular weight excluding hydrogens is 246 g/mol. The van der Waals surface area contributed by atoms with Gasteiger partial charge in [-0.25, -0.2) is 8.78 Å². The number of halogens is 2. The number of rotatable bonds is 2. The summed E-state index contributed by atoms with van der Waals surface area (Å²) in [6.45, 7) is 1.51. The Balaban J connectivity index is 1.95. The highest BCUT2D eigenvalue weighted by atomic mass is 19.2. The molecule has 0 spiro atoms. The maximum atomic E-state index is 13.9. The lowest BCUT2D eigenvalue weighted by atomic mass is 9.73. The Labute approximate surface area is 110 Å². The molecule has 1 N–H and O–H groups in total. The second-order valence-corrected chi connectivity index (χ2v) is 5.05. The molecule has 3 rings (SSSR count). The van der Waals surface area contributed by atoms with Crippen molar-refractivity contribution in [3.8, 4) is 0 Å². The summed E-state index contributed by atoms with van der Waals surface area (Å²) in [6, 6.07) is 10.7. The first-order valence-corrected chi connectivity index (χ1v) is 6.30. The van der Waals surface area contributed by atoms with E-state index in [1.54, 1.807) is 0 Å². The maximum absolute atomic E-state index is 13.9. The predicted molar refractivity (Wildman–Crippen MR) is 68.9 cm³/mol. The van der Waals surface area contributed by atoms with Crippen molar-refractivity contribution in [3.05, 3.63) is 70.3 Å². The molecule has 2 aromatic carbocycles. The van der Waals surface area contributed by atoms with Crippen molar-refractivity contribution in [1.29, 1.82) is 0 Å². The Morgan fingerprint density at radius 1 is 1.11 bits per heavy atom. The van der Waals surface area contributed by atoms with E-state index in [4.69, 9.17) is 0 Å². The highest BCUT2D eigenvalue weighted by Gasteiger charge is 2.34. The molecule has 0 saturated heterocycles. The summed E-state index contributed by atoms with van der Waals surface area (Å²) in [4.78, 5) is 0. The van der Waals surface area contributed by atoms with Crippen molar-refractivity contribution in [1.82, 2.24) is 0 Å². The van der Waals surface area contributed by atoms with Gasteiger partial charge in [-0.1, -0.05) is 36.4 Å². The zero-order valence-corrected chi connectivity index (χ0v) is 10.5. The molecule has 0 aliphatic heterocycles. The third-order valence-electron chi connectivity index (χ3n) is 3.90. The van der Waals surface area contributed by atoms with Gasteiger partial charge in [0.05, 0.1) is 6.10 Å². The summed E-state index contributed by atoms with van der Waals surface area (Å²) in [5.41, 5.74) is 2.49. The molecule has 0 amide bonds. The molecule has 0 aromatic heterocycles. The number of fused-ring (bicyclic) bond motifs is 1. The van der Waals surface area contributed by atoms with E-state index in [9.17, 15) is 13.9 Å². The highest BCUT2D eigenvalue weighted by Crippen LogP contribution is 2.44. The van der Waals surface area contributed by atoms with Crippen molar-refractivity contribution in [2.75, 3.05) is 0 Å². The number of hydrogen-bond acceptors (Lipinski definition) is 1. The molecule has 1 aliphatic rings. The van der Waals surface area contributed by atoms with E-state index < -0.39 is 17.7 Å². The van der Waals surface area contributed by atoms with E-state index in [1.807, 2.05) is 24.3 Å². The number of aliphatic hydroxyl groups is 1. The second-order valence-electron chi connectivity index (χ2n) is 5.05. The predicted octanol–water partition coefficient (Wildman–Crippen LogP) is 3.65. The topological polar surface area (TPSA) is 20.2 Å². The van der Waals surface area contributed by atoms with Gasteiger partial charge in [0.2, 0.25) is 0 Å². The van der Waals surface area contributed by atoms with E-state index >= 15 is 0 Å². The van der Waals surface area contributed by atoms with Crippen LogP contribution in [0.15, 0.2) is 36.4 Å².